The molecule has 0 atom stereocenters. The number of carboxylic acid groups (broad SMARTS) is 1. The Bertz CT molecular complexity index is 886. The summed E-state index contributed by atoms with van der Waals surface area (Å²) in [7, 11) is 1.27. The third-order valence-electron chi connectivity index (χ3n) is 3.41. The van der Waals surface area contributed by atoms with Crippen LogP contribution in [0.1, 0.15) is 20.7 Å². The van der Waals surface area contributed by atoms with Gasteiger partial charge in [0, 0.05) is 23.2 Å². The fourth-order valence-corrected chi connectivity index (χ4v) is 2.50. The maximum Gasteiger partial charge on any atom is 0.338 e. The minimum Gasteiger partial charge on any atom is -0.478 e. The van der Waals surface area contributed by atoms with Gasteiger partial charge in [0.05, 0.1) is 18.2 Å². The lowest BCUT2D eigenvalue weighted by atomic mass is 9.94. The molecule has 0 aliphatic carbocycles. The van der Waals surface area contributed by atoms with Crippen LogP contribution in [-0.4, -0.2) is 29.1 Å². The first kappa shape index (κ1) is 13.1. The molecule has 104 valence electrons. The number of benzene rings is 2. The van der Waals surface area contributed by atoms with Crippen molar-refractivity contribution in [3.8, 4) is 0 Å². The van der Waals surface area contributed by atoms with Gasteiger partial charge in [-0.25, -0.2) is 9.59 Å². The number of methoxy groups -OCH3 is 1. The monoisotopic (exact) mass is 281 g/mol. The number of carboxylic acids is 1. The van der Waals surface area contributed by atoms with Crippen molar-refractivity contribution in [1.29, 1.82) is 0 Å². The van der Waals surface area contributed by atoms with Crippen molar-refractivity contribution in [2.24, 2.45) is 0 Å². The first-order valence-corrected chi connectivity index (χ1v) is 6.24. The quantitative estimate of drug-likeness (QED) is 0.577. The summed E-state index contributed by atoms with van der Waals surface area (Å²) in [4.78, 5) is 27.5. The molecule has 0 saturated carbocycles. The van der Waals surface area contributed by atoms with E-state index in [0.29, 0.717) is 10.8 Å². The van der Waals surface area contributed by atoms with Gasteiger partial charge >= 0.3 is 11.9 Å². The van der Waals surface area contributed by atoms with E-state index >= 15 is 0 Å². The number of pyridine rings is 1. The maximum atomic E-state index is 11.9. The number of hydrogen-bond donors (Lipinski definition) is 1. The zero-order valence-electron chi connectivity index (χ0n) is 11.2. The van der Waals surface area contributed by atoms with Crippen LogP contribution in [-0.2, 0) is 4.74 Å². The van der Waals surface area contributed by atoms with Gasteiger partial charge < -0.3 is 9.84 Å². The predicted octanol–water partition coefficient (Wildman–Crippen LogP) is 2.87. The predicted molar refractivity (Wildman–Crippen MR) is 77.5 cm³/mol. The highest BCUT2D eigenvalue weighted by Crippen LogP contribution is 2.31. The van der Waals surface area contributed by atoms with Crippen LogP contribution >= 0.6 is 0 Å². The second kappa shape index (κ2) is 4.86. The van der Waals surface area contributed by atoms with Crippen molar-refractivity contribution in [2.45, 2.75) is 0 Å². The van der Waals surface area contributed by atoms with Gasteiger partial charge in [0.2, 0.25) is 0 Å². The van der Waals surface area contributed by atoms with E-state index in [0.717, 1.165) is 10.8 Å². The molecule has 5 heteroatoms. The Morgan fingerprint density at radius 1 is 1.14 bits per heavy atom. The largest absolute Gasteiger partial charge is 0.478 e. The molecule has 0 fully saturated rings. The molecule has 5 nitrogen and oxygen atoms in total. The Morgan fingerprint density at radius 2 is 1.95 bits per heavy atom. The van der Waals surface area contributed by atoms with Crippen LogP contribution in [0.25, 0.3) is 21.5 Å². The van der Waals surface area contributed by atoms with Crippen molar-refractivity contribution in [1.82, 2.24) is 4.98 Å². The molecule has 0 spiro atoms. The van der Waals surface area contributed by atoms with E-state index in [1.54, 1.807) is 42.7 Å². The molecule has 1 aromatic heterocycles. The molecule has 0 unspecified atom stereocenters. The van der Waals surface area contributed by atoms with E-state index in [9.17, 15) is 14.7 Å². The van der Waals surface area contributed by atoms with Crippen molar-refractivity contribution < 1.29 is 19.4 Å². The second-order valence-electron chi connectivity index (χ2n) is 4.55. The SMILES string of the molecule is COC(=O)c1cccc2c1c(C(=O)O)cc1ccncc12. The zero-order chi connectivity index (χ0) is 15.0. The van der Waals surface area contributed by atoms with E-state index in [-0.39, 0.29) is 11.1 Å². The number of nitrogens with zero attached hydrogens (tertiary/aromatic N) is 1. The van der Waals surface area contributed by atoms with Gasteiger partial charge in [-0.05, 0) is 29.0 Å². The second-order valence-corrected chi connectivity index (χ2v) is 4.55. The van der Waals surface area contributed by atoms with Crippen molar-refractivity contribution in [3.05, 3.63) is 53.9 Å². The molecule has 1 N–H and O–H groups in total. The zero-order valence-corrected chi connectivity index (χ0v) is 11.2. The average Bonchev–Trinajstić information content (AvgIpc) is 2.52. The number of fused-ring (bicyclic) bond motifs is 3. The minimum absolute atomic E-state index is 0.0738. The number of ether oxygens (including phenoxy) is 1. The first-order chi connectivity index (χ1) is 10.1. The average molecular weight is 281 g/mol. The number of carbonyl (C=O) groups excluding carboxylic acids is 1. The van der Waals surface area contributed by atoms with Crippen molar-refractivity contribution >= 4 is 33.5 Å². The third kappa shape index (κ3) is 1.99. The molecule has 0 saturated heterocycles. The lowest BCUT2D eigenvalue weighted by molar-refractivity contribution is 0.0603. The Hall–Kier alpha value is -2.95. The van der Waals surface area contributed by atoms with E-state index in [1.165, 1.54) is 7.11 Å². The molecule has 2 aromatic carbocycles. The normalized spacial score (nSPS) is 10.7. The summed E-state index contributed by atoms with van der Waals surface area (Å²) < 4.78 is 4.74. The summed E-state index contributed by atoms with van der Waals surface area (Å²) in [6.45, 7) is 0. The molecule has 0 amide bonds. The summed E-state index contributed by atoms with van der Waals surface area (Å²) in [5.41, 5.74) is 0.308. The molecular weight excluding hydrogens is 270 g/mol. The Kier molecular flexibility index (Phi) is 3.02. The minimum atomic E-state index is -1.09. The smallest absolute Gasteiger partial charge is 0.338 e. The van der Waals surface area contributed by atoms with Crippen molar-refractivity contribution in [2.75, 3.05) is 7.11 Å². The lowest BCUT2D eigenvalue weighted by Gasteiger charge is -2.10. The van der Waals surface area contributed by atoms with Crippen LogP contribution in [0.2, 0.25) is 0 Å². The fraction of sp³-hybridized carbons (Fsp3) is 0.0625. The molecule has 21 heavy (non-hydrogen) atoms. The number of rotatable bonds is 2. The summed E-state index contributed by atoms with van der Waals surface area (Å²) in [5, 5.41) is 12.0. The summed E-state index contributed by atoms with van der Waals surface area (Å²) in [5.74, 6) is -1.65. The van der Waals surface area contributed by atoms with Gasteiger partial charge in [-0.3, -0.25) is 4.98 Å². The van der Waals surface area contributed by atoms with Crippen LogP contribution in [0, 0.1) is 0 Å². The van der Waals surface area contributed by atoms with Gasteiger partial charge in [-0.1, -0.05) is 12.1 Å². The highest BCUT2D eigenvalue weighted by atomic mass is 16.5. The number of esters is 1. The molecule has 0 aliphatic heterocycles. The molecule has 1 heterocycles. The van der Waals surface area contributed by atoms with Crippen LogP contribution in [0.5, 0.6) is 0 Å². The summed E-state index contributed by atoms with van der Waals surface area (Å²) in [6, 6.07) is 8.33. The molecule has 3 rings (SSSR count). The van der Waals surface area contributed by atoms with Crippen LogP contribution in [0.15, 0.2) is 42.7 Å². The summed E-state index contributed by atoms with van der Waals surface area (Å²) >= 11 is 0. The van der Waals surface area contributed by atoms with Crippen LogP contribution in [0.4, 0.5) is 0 Å². The van der Waals surface area contributed by atoms with Gasteiger partial charge in [0.1, 0.15) is 0 Å². The number of aromatic nitrogens is 1. The first-order valence-electron chi connectivity index (χ1n) is 6.24. The molecule has 3 aromatic rings. The Labute approximate surface area is 119 Å². The van der Waals surface area contributed by atoms with Gasteiger partial charge in [0.15, 0.2) is 0 Å². The maximum absolute atomic E-state index is 11.9. The van der Waals surface area contributed by atoms with E-state index < -0.39 is 11.9 Å². The van der Waals surface area contributed by atoms with Crippen LogP contribution in [0.3, 0.4) is 0 Å². The molecular formula is C16H11NO4. The molecule has 0 aliphatic rings. The van der Waals surface area contributed by atoms with Crippen molar-refractivity contribution in [3.63, 3.8) is 0 Å². The standard InChI is InChI=1S/C16H11NO4/c1-21-16(20)11-4-2-3-10-13-8-17-6-5-9(13)7-12(14(10)11)15(18)19/h2-8H,1H3,(H,18,19). The highest BCUT2D eigenvalue weighted by molar-refractivity contribution is 6.20. The number of carbonyl (C=O) groups is 2. The van der Waals surface area contributed by atoms with E-state index in [4.69, 9.17) is 4.74 Å². The highest BCUT2D eigenvalue weighted by Gasteiger charge is 2.19. The molecule has 0 bridgehead atoms. The Morgan fingerprint density at radius 3 is 2.67 bits per heavy atom. The van der Waals surface area contributed by atoms with Gasteiger partial charge in [-0.15, -0.1) is 0 Å². The fourth-order valence-electron chi connectivity index (χ4n) is 2.50. The van der Waals surface area contributed by atoms with Crippen LogP contribution < -0.4 is 0 Å². The van der Waals surface area contributed by atoms with E-state index in [1.807, 2.05) is 0 Å². The Balaban J connectivity index is 2.56. The third-order valence-corrected chi connectivity index (χ3v) is 3.41. The topological polar surface area (TPSA) is 76.5 Å². The van der Waals surface area contributed by atoms with Gasteiger partial charge in [-0.2, -0.15) is 0 Å². The lowest BCUT2D eigenvalue weighted by Crippen LogP contribution is -2.06. The van der Waals surface area contributed by atoms with E-state index in [2.05, 4.69) is 4.98 Å². The van der Waals surface area contributed by atoms with Gasteiger partial charge in [0.25, 0.3) is 0 Å². The number of hydrogen-bond acceptors (Lipinski definition) is 4. The number of aromatic carboxylic acids is 1. The molecule has 0 radical (unpaired) electrons. The summed E-state index contributed by atoms with van der Waals surface area (Å²) in [6.07, 6.45) is 3.26.